The summed E-state index contributed by atoms with van der Waals surface area (Å²) in [5.41, 5.74) is 6.24. The van der Waals surface area contributed by atoms with Gasteiger partial charge in [-0.2, -0.15) is 0 Å². The number of nitrogen functional groups attached to an aromatic ring is 1. The lowest BCUT2D eigenvalue weighted by atomic mass is 10.00. The average molecular weight is 262 g/mol. The zero-order chi connectivity index (χ0) is 14.0. The topological polar surface area (TPSA) is 72.6 Å². The SMILES string of the molecule is CC1C(=O)N(CCOc2ccc(N)cc2)C(=O)C1C. The van der Waals surface area contributed by atoms with Crippen molar-refractivity contribution in [2.45, 2.75) is 13.8 Å². The lowest BCUT2D eigenvalue weighted by Crippen LogP contribution is -2.34. The minimum Gasteiger partial charge on any atom is -0.492 e. The van der Waals surface area contributed by atoms with E-state index in [9.17, 15) is 9.59 Å². The van der Waals surface area contributed by atoms with Gasteiger partial charge < -0.3 is 10.5 Å². The molecule has 0 saturated carbocycles. The summed E-state index contributed by atoms with van der Waals surface area (Å²) in [6.07, 6.45) is 0. The first-order valence-electron chi connectivity index (χ1n) is 6.34. The Hall–Kier alpha value is -2.04. The Kier molecular flexibility index (Phi) is 3.74. The fourth-order valence-electron chi connectivity index (χ4n) is 2.07. The fourth-order valence-corrected chi connectivity index (χ4v) is 2.07. The third kappa shape index (κ3) is 2.70. The van der Waals surface area contributed by atoms with Crippen molar-refractivity contribution in [3.8, 4) is 5.75 Å². The van der Waals surface area contributed by atoms with Crippen molar-refractivity contribution in [3.63, 3.8) is 0 Å². The molecule has 2 rings (SSSR count). The van der Waals surface area contributed by atoms with Crippen LogP contribution in [0.5, 0.6) is 5.75 Å². The van der Waals surface area contributed by atoms with Gasteiger partial charge in [0.15, 0.2) is 0 Å². The first-order chi connectivity index (χ1) is 9.00. The third-order valence-corrected chi connectivity index (χ3v) is 3.52. The predicted octanol–water partition coefficient (Wildman–Crippen LogP) is 1.29. The van der Waals surface area contributed by atoms with Gasteiger partial charge in [0.1, 0.15) is 12.4 Å². The van der Waals surface area contributed by atoms with E-state index >= 15 is 0 Å². The molecule has 2 amide bonds. The van der Waals surface area contributed by atoms with E-state index in [0.717, 1.165) is 0 Å². The van der Waals surface area contributed by atoms with Crippen LogP contribution < -0.4 is 10.5 Å². The minimum atomic E-state index is -0.232. The largest absolute Gasteiger partial charge is 0.492 e. The highest BCUT2D eigenvalue weighted by Gasteiger charge is 2.41. The van der Waals surface area contributed by atoms with E-state index in [1.807, 2.05) is 0 Å². The summed E-state index contributed by atoms with van der Waals surface area (Å²) < 4.78 is 5.49. The standard InChI is InChI=1S/C14H18N2O3/c1-9-10(2)14(18)16(13(9)17)7-8-19-12-5-3-11(15)4-6-12/h3-6,9-10H,7-8,15H2,1-2H3. The normalized spacial score (nSPS) is 22.9. The molecule has 5 nitrogen and oxygen atoms in total. The molecule has 1 aliphatic rings. The van der Waals surface area contributed by atoms with Gasteiger partial charge in [-0.15, -0.1) is 0 Å². The smallest absolute Gasteiger partial charge is 0.232 e. The molecule has 1 fully saturated rings. The number of nitrogens with zero attached hydrogens (tertiary/aromatic N) is 1. The van der Waals surface area contributed by atoms with Crippen LogP contribution in [0.1, 0.15) is 13.8 Å². The Bertz CT molecular complexity index is 464. The maximum Gasteiger partial charge on any atom is 0.232 e. The van der Waals surface area contributed by atoms with Crippen LogP contribution in [-0.2, 0) is 9.59 Å². The van der Waals surface area contributed by atoms with Crippen molar-refractivity contribution in [1.82, 2.24) is 4.90 Å². The summed E-state index contributed by atoms with van der Waals surface area (Å²) in [4.78, 5) is 25.0. The Labute approximate surface area is 112 Å². The number of nitrogens with two attached hydrogens (primary N) is 1. The molecule has 19 heavy (non-hydrogen) atoms. The lowest BCUT2D eigenvalue weighted by molar-refractivity contribution is -0.140. The number of ether oxygens (including phenoxy) is 1. The number of benzene rings is 1. The van der Waals surface area contributed by atoms with Crippen LogP contribution in [0.15, 0.2) is 24.3 Å². The van der Waals surface area contributed by atoms with E-state index in [4.69, 9.17) is 10.5 Å². The molecule has 1 aromatic rings. The number of carbonyl (C=O) groups excluding carboxylic acids is 2. The second kappa shape index (κ2) is 5.30. The maximum absolute atomic E-state index is 11.8. The van der Waals surface area contributed by atoms with Crippen LogP contribution in [0.2, 0.25) is 0 Å². The number of carbonyl (C=O) groups is 2. The van der Waals surface area contributed by atoms with Crippen molar-refractivity contribution in [3.05, 3.63) is 24.3 Å². The summed E-state index contributed by atoms with van der Waals surface area (Å²) in [5.74, 6) is -0.0146. The van der Waals surface area contributed by atoms with Crippen molar-refractivity contribution >= 4 is 17.5 Å². The summed E-state index contributed by atoms with van der Waals surface area (Å²) in [6, 6.07) is 7.00. The van der Waals surface area contributed by atoms with Gasteiger partial charge in [0.2, 0.25) is 11.8 Å². The molecule has 0 aliphatic carbocycles. The number of imide groups is 1. The van der Waals surface area contributed by atoms with E-state index in [-0.39, 0.29) is 30.2 Å². The van der Waals surface area contributed by atoms with E-state index in [0.29, 0.717) is 18.0 Å². The van der Waals surface area contributed by atoms with Gasteiger partial charge in [0, 0.05) is 17.5 Å². The molecule has 0 aromatic heterocycles. The van der Waals surface area contributed by atoms with Gasteiger partial charge in [-0.05, 0) is 24.3 Å². The average Bonchev–Trinajstić information content (AvgIpc) is 2.58. The van der Waals surface area contributed by atoms with Crippen LogP contribution in [0.3, 0.4) is 0 Å². The monoisotopic (exact) mass is 262 g/mol. The Morgan fingerprint density at radius 3 is 2.16 bits per heavy atom. The predicted molar refractivity (Wildman–Crippen MR) is 71.4 cm³/mol. The van der Waals surface area contributed by atoms with Gasteiger partial charge in [-0.1, -0.05) is 13.8 Å². The highest BCUT2D eigenvalue weighted by Crippen LogP contribution is 2.25. The summed E-state index contributed by atoms with van der Waals surface area (Å²) >= 11 is 0. The van der Waals surface area contributed by atoms with Crippen LogP contribution in [0.4, 0.5) is 5.69 Å². The van der Waals surface area contributed by atoms with Crippen molar-refractivity contribution in [2.75, 3.05) is 18.9 Å². The first kappa shape index (κ1) is 13.4. The number of hydrogen-bond acceptors (Lipinski definition) is 4. The van der Waals surface area contributed by atoms with Gasteiger partial charge in [-0.3, -0.25) is 14.5 Å². The molecule has 5 heteroatoms. The van der Waals surface area contributed by atoms with Gasteiger partial charge in [0.05, 0.1) is 6.54 Å². The molecule has 1 aromatic carbocycles. The third-order valence-electron chi connectivity index (χ3n) is 3.52. The van der Waals surface area contributed by atoms with Crippen molar-refractivity contribution in [1.29, 1.82) is 0 Å². The van der Waals surface area contributed by atoms with Gasteiger partial charge in [0.25, 0.3) is 0 Å². The summed E-state index contributed by atoms with van der Waals surface area (Å²) in [7, 11) is 0. The number of likely N-dealkylation sites (tertiary alicyclic amines) is 1. The van der Waals surface area contributed by atoms with Crippen LogP contribution in [0, 0.1) is 11.8 Å². The van der Waals surface area contributed by atoms with E-state index in [1.54, 1.807) is 38.1 Å². The Balaban J connectivity index is 1.88. The Morgan fingerprint density at radius 2 is 1.63 bits per heavy atom. The number of rotatable bonds is 4. The minimum absolute atomic E-state index is 0.113. The molecule has 2 unspecified atom stereocenters. The highest BCUT2D eigenvalue weighted by atomic mass is 16.5. The number of anilines is 1. The molecule has 0 bridgehead atoms. The number of amides is 2. The molecular weight excluding hydrogens is 244 g/mol. The molecule has 2 atom stereocenters. The summed E-state index contributed by atoms with van der Waals surface area (Å²) in [6.45, 7) is 4.15. The van der Waals surface area contributed by atoms with Gasteiger partial charge >= 0.3 is 0 Å². The van der Waals surface area contributed by atoms with Crippen LogP contribution >= 0.6 is 0 Å². The zero-order valence-corrected chi connectivity index (χ0v) is 11.1. The molecule has 0 radical (unpaired) electrons. The van der Waals surface area contributed by atoms with Crippen molar-refractivity contribution < 1.29 is 14.3 Å². The highest BCUT2D eigenvalue weighted by molar-refractivity contribution is 6.04. The van der Waals surface area contributed by atoms with E-state index in [2.05, 4.69) is 0 Å². The quantitative estimate of drug-likeness (QED) is 0.655. The molecule has 102 valence electrons. The molecule has 1 heterocycles. The maximum atomic E-state index is 11.8. The molecule has 2 N–H and O–H groups in total. The van der Waals surface area contributed by atoms with Gasteiger partial charge in [-0.25, -0.2) is 0 Å². The first-order valence-corrected chi connectivity index (χ1v) is 6.34. The van der Waals surface area contributed by atoms with Crippen LogP contribution in [-0.4, -0.2) is 29.9 Å². The van der Waals surface area contributed by atoms with E-state index < -0.39 is 0 Å². The lowest BCUT2D eigenvalue weighted by Gasteiger charge is -2.15. The molecule has 0 spiro atoms. The zero-order valence-electron chi connectivity index (χ0n) is 11.1. The molecular formula is C14H18N2O3. The fraction of sp³-hybridized carbons (Fsp3) is 0.429. The van der Waals surface area contributed by atoms with Crippen molar-refractivity contribution in [2.24, 2.45) is 11.8 Å². The second-order valence-electron chi connectivity index (χ2n) is 4.82. The number of hydrogen-bond donors (Lipinski definition) is 1. The Morgan fingerprint density at radius 1 is 1.11 bits per heavy atom. The molecule has 1 aliphatic heterocycles. The second-order valence-corrected chi connectivity index (χ2v) is 4.82. The summed E-state index contributed by atoms with van der Waals surface area (Å²) in [5, 5.41) is 0. The molecule has 1 saturated heterocycles. The van der Waals surface area contributed by atoms with E-state index in [1.165, 1.54) is 4.90 Å². The van der Waals surface area contributed by atoms with Crippen LogP contribution in [0.25, 0.3) is 0 Å².